The second kappa shape index (κ2) is 1.99. The molecule has 0 saturated carbocycles. The Morgan fingerprint density at radius 2 is 2.50 bits per heavy atom. The van der Waals surface area contributed by atoms with Crippen molar-refractivity contribution in [2.75, 3.05) is 0 Å². The van der Waals surface area contributed by atoms with Gasteiger partial charge in [-0.15, -0.1) is 0 Å². The molecule has 1 atom stereocenters. The van der Waals surface area contributed by atoms with Gasteiger partial charge in [-0.05, 0) is 19.9 Å². The van der Waals surface area contributed by atoms with Crippen LogP contribution >= 0.6 is 0 Å². The van der Waals surface area contributed by atoms with Crippen molar-refractivity contribution < 1.29 is 0 Å². The monoisotopic (exact) mass is 110 g/mol. The van der Waals surface area contributed by atoms with Crippen molar-refractivity contribution in [3.63, 3.8) is 0 Å². The molecule has 44 valence electrons. The van der Waals surface area contributed by atoms with Gasteiger partial charge in [0.05, 0.1) is 12.4 Å². The number of nitrogens with one attached hydrogen (secondary N) is 1. The largest absolute Gasteiger partial charge is 0.351 e. The SMILES string of the molecule is CC1=C[C@H](C)N=CN1. The van der Waals surface area contributed by atoms with Crippen LogP contribution in [0, 0.1) is 0 Å². The van der Waals surface area contributed by atoms with Crippen LogP contribution in [-0.2, 0) is 0 Å². The zero-order chi connectivity index (χ0) is 5.98. The molecule has 0 aliphatic carbocycles. The predicted molar refractivity (Wildman–Crippen MR) is 34.8 cm³/mol. The average Bonchev–Trinajstić information content (AvgIpc) is 1.64. The fourth-order valence-electron chi connectivity index (χ4n) is 0.710. The van der Waals surface area contributed by atoms with E-state index >= 15 is 0 Å². The molecule has 0 bridgehead atoms. The summed E-state index contributed by atoms with van der Waals surface area (Å²) in [7, 11) is 0. The zero-order valence-corrected chi connectivity index (χ0v) is 5.18. The van der Waals surface area contributed by atoms with Crippen LogP contribution in [0.25, 0.3) is 0 Å². The molecule has 1 rings (SSSR count). The molecular weight excluding hydrogens is 100 g/mol. The predicted octanol–water partition coefficient (Wildman–Crippen LogP) is 0.910. The minimum Gasteiger partial charge on any atom is -0.351 e. The number of hydrogen-bond donors (Lipinski definition) is 1. The first-order chi connectivity index (χ1) is 3.79. The molecule has 0 aromatic carbocycles. The standard InChI is InChI=1S/C6H10N2/c1-5-3-6(2)8-4-7-5/h3-5H,1-2H3,(H,7,8)/t5-/m0/s1. The second-order valence-electron chi connectivity index (χ2n) is 2.01. The van der Waals surface area contributed by atoms with Gasteiger partial charge in [0.1, 0.15) is 0 Å². The highest BCUT2D eigenvalue weighted by Crippen LogP contribution is 1.98. The van der Waals surface area contributed by atoms with E-state index in [2.05, 4.69) is 23.3 Å². The quantitative estimate of drug-likeness (QED) is 0.492. The lowest BCUT2D eigenvalue weighted by atomic mass is 10.3. The molecule has 0 amide bonds. The van der Waals surface area contributed by atoms with Crippen LogP contribution in [0.15, 0.2) is 16.8 Å². The molecular formula is C6H10N2. The van der Waals surface area contributed by atoms with Gasteiger partial charge in [-0.25, -0.2) is 0 Å². The first kappa shape index (κ1) is 5.35. The van der Waals surface area contributed by atoms with Crippen molar-refractivity contribution in [2.45, 2.75) is 19.9 Å². The van der Waals surface area contributed by atoms with E-state index in [0.29, 0.717) is 6.04 Å². The summed E-state index contributed by atoms with van der Waals surface area (Å²) >= 11 is 0. The van der Waals surface area contributed by atoms with Gasteiger partial charge < -0.3 is 5.32 Å². The van der Waals surface area contributed by atoms with E-state index in [1.54, 1.807) is 6.34 Å². The number of aliphatic imine (C=N–C) groups is 1. The van der Waals surface area contributed by atoms with E-state index < -0.39 is 0 Å². The van der Waals surface area contributed by atoms with E-state index in [1.165, 1.54) is 5.70 Å². The van der Waals surface area contributed by atoms with E-state index in [4.69, 9.17) is 0 Å². The van der Waals surface area contributed by atoms with Crippen LogP contribution in [0.5, 0.6) is 0 Å². The van der Waals surface area contributed by atoms with Gasteiger partial charge in [0.2, 0.25) is 0 Å². The van der Waals surface area contributed by atoms with E-state index in [1.807, 2.05) is 6.92 Å². The molecule has 0 unspecified atom stereocenters. The Kier molecular flexibility index (Phi) is 1.33. The minimum atomic E-state index is 0.358. The maximum atomic E-state index is 4.07. The van der Waals surface area contributed by atoms with E-state index in [9.17, 15) is 0 Å². The molecule has 0 fully saturated rings. The molecule has 0 saturated heterocycles. The van der Waals surface area contributed by atoms with Crippen LogP contribution in [0.1, 0.15) is 13.8 Å². The first-order valence-electron chi connectivity index (χ1n) is 2.75. The molecule has 1 aliphatic heterocycles. The van der Waals surface area contributed by atoms with Crippen molar-refractivity contribution >= 4 is 6.34 Å². The summed E-state index contributed by atoms with van der Waals surface area (Å²) in [5, 5.41) is 2.98. The Bertz CT molecular complexity index is 135. The Morgan fingerprint density at radius 3 is 2.88 bits per heavy atom. The van der Waals surface area contributed by atoms with Crippen LogP contribution in [-0.4, -0.2) is 12.4 Å². The third-order valence-corrected chi connectivity index (χ3v) is 1.09. The number of nitrogens with zero attached hydrogens (tertiary/aromatic N) is 1. The number of hydrogen-bond acceptors (Lipinski definition) is 2. The summed E-state index contributed by atoms with van der Waals surface area (Å²) in [6.45, 7) is 4.09. The van der Waals surface area contributed by atoms with Gasteiger partial charge in [0.25, 0.3) is 0 Å². The molecule has 0 aromatic heterocycles. The van der Waals surface area contributed by atoms with Gasteiger partial charge >= 0.3 is 0 Å². The van der Waals surface area contributed by atoms with Crippen molar-refractivity contribution in [1.29, 1.82) is 0 Å². The summed E-state index contributed by atoms with van der Waals surface area (Å²) in [5.41, 5.74) is 1.19. The summed E-state index contributed by atoms with van der Waals surface area (Å²) in [6, 6.07) is 0.358. The fourth-order valence-corrected chi connectivity index (χ4v) is 0.710. The lowest BCUT2D eigenvalue weighted by molar-refractivity contribution is 0.870. The topological polar surface area (TPSA) is 24.4 Å². The second-order valence-corrected chi connectivity index (χ2v) is 2.01. The van der Waals surface area contributed by atoms with Crippen LogP contribution < -0.4 is 5.32 Å². The van der Waals surface area contributed by atoms with Crippen molar-refractivity contribution in [3.05, 3.63) is 11.8 Å². The lowest BCUT2D eigenvalue weighted by Gasteiger charge is -2.08. The van der Waals surface area contributed by atoms with E-state index in [0.717, 1.165) is 0 Å². The highest BCUT2D eigenvalue weighted by Gasteiger charge is 1.96. The minimum absolute atomic E-state index is 0.358. The smallest absolute Gasteiger partial charge is 0.0872 e. The van der Waals surface area contributed by atoms with Crippen LogP contribution in [0.2, 0.25) is 0 Å². The average molecular weight is 110 g/mol. The fraction of sp³-hybridized carbons (Fsp3) is 0.500. The third kappa shape index (κ3) is 1.09. The van der Waals surface area contributed by atoms with Gasteiger partial charge in [0, 0.05) is 5.70 Å². The molecule has 0 aromatic rings. The molecule has 2 nitrogen and oxygen atoms in total. The third-order valence-electron chi connectivity index (χ3n) is 1.09. The molecule has 8 heavy (non-hydrogen) atoms. The van der Waals surface area contributed by atoms with Gasteiger partial charge in [-0.3, -0.25) is 4.99 Å². The highest BCUT2D eigenvalue weighted by atomic mass is 15.0. The maximum Gasteiger partial charge on any atom is 0.0872 e. The van der Waals surface area contributed by atoms with Crippen molar-refractivity contribution in [2.24, 2.45) is 4.99 Å². The Morgan fingerprint density at radius 1 is 1.75 bits per heavy atom. The summed E-state index contributed by atoms with van der Waals surface area (Å²) < 4.78 is 0. The molecule has 0 spiro atoms. The van der Waals surface area contributed by atoms with Crippen LogP contribution in [0.4, 0.5) is 0 Å². The normalized spacial score (nSPS) is 26.8. The molecule has 1 N–H and O–H groups in total. The first-order valence-corrected chi connectivity index (χ1v) is 2.75. The van der Waals surface area contributed by atoms with Crippen LogP contribution in [0.3, 0.4) is 0 Å². The number of rotatable bonds is 0. The highest BCUT2D eigenvalue weighted by molar-refractivity contribution is 5.59. The summed E-state index contributed by atoms with van der Waals surface area (Å²) in [6.07, 6.45) is 3.82. The Balaban J connectivity index is 2.60. The zero-order valence-electron chi connectivity index (χ0n) is 5.18. The van der Waals surface area contributed by atoms with Gasteiger partial charge in [0.15, 0.2) is 0 Å². The molecule has 1 heterocycles. The molecule has 1 aliphatic rings. The van der Waals surface area contributed by atoms with Crippen molar-refractivity contribution in [1.82, 2.24) is 5.32 Å². The summed E-state index contributed by atoms with van der Waals surface area (Å²) in [5.74, 6) is 0. The van der Waals surface area contributed by atoms with Gasteiger partial charge in [-0.1, -0.05) is 0 Å². The van der Waals surface area contributed by atoms with Crippen molar-refractivity contribution in [3.8, 4) is 0 Å². The number of allylic oxidation sites excluding steroid dienone is 1. The Hall–Kier alpha value is -0.790. The van der Waals surface area contributed by atoms with E-state index in [-0.39, 0.29) is 0 Å². The van der Waals surface area contributed by atoms with Gasteiger partial charge in [-0.2, -0.15) is 0 Å². The summed E-state index contributed by atoms with van der Waals surface area (Å²) in [4.78, 5) is 4.07. The Labute approximate surface area is 49.3 Å². The molecule has 2 heteroatoms. The molecule has 0 radical (unpaired) electrons. The lowest BCUT2D eigenvalue weighted by Crippen LogP contribution is -2.16. The maximum absolute atomic E-state index is 4.07.